The van der Waals surface area contributed by atoms with Gasteiger partial charge in [0.2, 0.25) is 0 Å². The molecule has 0 aliphatic carbocycles. The summed E-state index contributed by atoms with van der Waals surface area (Å²) in [5.74, 6) is 0. The summed E-state index contributed by atoms with van der Waals surface area (Å²) < 4.78 is 6.44. The van der Waals surface area contributed by atoms with E-state index in [0.717, 1.165) is 73.9 Å². The Bertz CT molecular complexity index is 2540. The predicted octanol–water partition coefficient (Wildman–Crippen LogP) is 13.0. The smallest absolute Gasteiger partial charge is 0.147 e. The zero-order chi connectivity index (χ0) is 37.3. The van der Waals surface area contributed by atoms with Crippen LogP contribution in [0.15, 0.2) is 120 Å². The quantitative estimate of drug-likeness (QED) is 0.162. The average molecular weight is 886 g/mol. The number of furan rings is 1. The molecule has 0 saturated carbocycles. The molecule has 0 unspecified atom stereocenters. The van der Waals surface area contributed by atoms with E-state index in [0.29, 0.717) is 5.41 Å². The summed E-state index contributed by atoms with van der Waals surface area (Å²) in [6.45, 7) is 17.7. The third kappa shape index (κ3) is 8.87. The van der Waals surface area contributed by atoms with Gasteiger partial charge in [0, 0.05) is 49.0 Å². The summed E-state index contributed by atoms with van der Waals surface area (Å²) >= 11 is 0. The number of hydrogen-bond donors (Lipinski definition) is 0. The van der Waals surface area contributed by atoms with Crippen LogP contribution in [0.25, 0.3) is 66.5 Å². The van der Waals surface area contributed by atoms with Crippen LogP contribution in [0.1, 0.15) is 63.9 Å². The van der Waals surface area contributed by atoms with Crippen molar-refractivity contribution >= 4 is 32.8 Å². The Morgan fingerprint density at radius 2 is 1.39 bits per heavy atom. The van der Waals surface area contributed by atoms with E-state index in [2.05, 4.69) is 132 Å². The van der Waals surface area contributed by atoms with E-state index in [9.17, 15) is 0 Å². The van der Waals surface area contributed by atoms with Crippen molar-refractivity contribution in [3.8, 4) is 33.6 Å². The molecule has 0 amide bonds. The molecule has 275 valence electrons. The van der Waals surface area contributed by atoms with Gasteiger partial charge in [-0.25, -0.2) is 4.98 Å². The number of fused-ring (bicyclic) bond motifs is 5. The topological polar surface area (TPSA) is 51.8 Å². The molecule has 1 radical (unpaired) electrons. The molecular formula is C49H47IrN3O-2. The molecule has 54 heavy (non-hydrogen) atoms. The second-order valence-corrected chi connectivity index (χ2v) is 16.5. The van der Waals surface area contributed by atoms with Crippen LogP contribution in [-0.4, -0.2) is 15.0 Å². The van der Waals surface area contributed by atoms with Gasteiger partial charge in [0.25, 0.3) is 0 Å². The largest absolute Gasteiger partial charge is 0.498 e. The van der Waals surface area contributed by atoms with Crippen molar-refractivity contribution in [2.45, 2.75) is 68.2 Å². The molecule has 4 aromatic heterocycles. The van der Waals surface area contributed by atoms with Crippen LogP contribution in [0.3, 0.4) is 0 Å². The van der Waals surface area contributed by atoms with E-state index in [-0.39, 0.29) is 25.5 Å². The van der Waals surface area contributed by atoms with Crippen molar-refractivity contribution in [3.63, 3.8) is 0 Å². The number of rotatable bonds is 5. The van der Waals surface area contributed by atoms with E-state index in [1.165, 1.54) is 27.8 Å². The van der Waals surface area contributed by atoms with Crippen LogP contribution in [0, 0.1) is 36.8 Å². The predicted molar refractivity (Wildman–Crippen MR) is 221 cm³/mol. The standard InChI is InChI=1S/C27H25N2O.C22H22N.Ir/c1-16-15-28-23(13-19(16)14-27(3,4)5)22-8-6-7-20-21-12-11-18-10-9-17(2)29-24(18)26(21)30-25(20)22;1-22(2,3)16-17-9-11-18(12-10-17)20-13-14-23-21(15-20)19-7-5-4-6-8-19;/h6-7,9-13,15H,14H2,1-5H3;4-7,9-15H,16H2,1-3H3;/q2*-1;. The Balaban J connectivity index is 0.000000187. The fourth-order valence-corrected chi connectivity index (χ4v) is 6.87. The maximum Gasteiger partial charge on any atom is 0.147 e. The van der Waals surface area contributed by atoms with Gasteiger partial charge in [-0.3, -0.25) is 0 Å². The molecular weight excluding hydrogens is 839 g/mol. The monoisotopic (exact) mass is 886 g/mol. The van der Waals surface area contributed by atoms with Gasteiger partial charge in [0.15, 0.2) is 0 Å². The molecule has 0 fully saturated rings. The van der Waals surface area contributed by atoms with Crippen molar-refractivity contribution in [1.82, 2.24) is 15.0 Å². The van der Waals surface area contributed by atoms with Gasteiger partial charge < -0.3 is 14.4 Å². The molecule has 0 aliphatic rings. The fraction of sp³-hybridized carbons (Fsp3) is 0.245. The van der Waals surface area contributed by atoms with Crippen LogP contribution >= 0.6 is 0 Å². The van der Waals surface area contributed by atoms with E-state index < -0.39 is 0 Å². The fourth-order valence-electron chi connectivity index (χ4n) is 6.87. The zero-order valence-corrected chi connectivity index (χ0v) is 34.9. The van der Waals surface area contributed by atoms with E-state index in [1.807, 2.05) is 55.7 Å². The van der Waals surface area contributed by atoms with Gasteiger partial charge in [0.05, 0.1) is 5.58 Å². The number of nitrogens with zero attached hydrogens (tertiary/aromatic N) is 3. The normalized spacial score (nSPS) is 11.7. The minimum Gasteiger partial charge on any atom is -0.498 e. The van der Waals surface area contributed by atoms with Gasteiger partial charge in [0.1, 0.15) is 11.1 Å². The summed E-state index contributed by atoms with van der Waals surface area (Å²) in [5, 5.41) is 3.23. The van der Waals surface area contributed by atoms with Crippen molar-refractivity contribution in [2.75, 3.05) is 0 Å². The van der Waals surface area contributed by atoms with Crippen molar-refractivity contribution in [2.24, 2.45) is 10.8 Å². The van der Waals surface area contributed by atoms with Crippen molar-refractivity contribution in [1.29, 1.82) is 0 Å². The molecule has 0 saturated heterocycles. The first-order valence-electron chi connectivity index (χ1n) is 18.4. The van der Waals surface area contributed by atoms with Gasteiger partial charge in [-0.15, -0.1) is 54.1 Å². The van der Waals surface area contributed by atoms with Crippen LogP contribution in [0.2, 0.25) is 0 Å². The van der Waals surface area contributed by atoms with Crippen LogP contribution in [0.5, 0.6) is 0 Å². The number of aryl methyl sites for hydroxylation is 2. The third-order valence-electron chi connectivity index (χ3n) is 9.36. The van der Waals surface area contributed by atoms with E-state index in [4.69, 9.17) is 14.4 Å². The Kier molecular flexibility index (Phi) is 11.3. The number of pyridine rings is 3. The van der Waals surface area contributed by atoms with Crippen molar-refractivity contribution in [3.05, 3.63) is 150 Å². The van der Waals surface area contributed by atoms with Crippen LogP contribution < -0.4 is 0 Å². The van der Waals surface area contributed by atoms with E-state index in [1.54, 1.807) is 0 Å². The molecule has 8 rings (SSSR count). The Morgan fingerprint density at radius 3 is 2.11 bits per heavy atom. The first-order chi connectivity index (χ1) is 25.3. The molecule has 5 heteroatoms. The minimum absolute atomic E-state index is 0. The molecule has 0 atom stereocenters. The molecule has 0 spiro atoms. The molecule has 4 aromatic carbocycles. The second-order valence-electron chi connectivity index (χ2n) is 16.5. The van der Waals surface area contributed by atoms with Crippen LogP contribution in [0.4, 0.5) is 0 Å². The Morgan fingerprint density at radius 1 is 0.648 bits per heavy atom. The summed E-state index contributed by atoms with van der Waals surface area (Å²) in [5.41, 5.74) is 14.2. The maximum atomic E-state index is 6.44. The number of aromatic nitrogens is 3. The second kappa shape index (κ2) is 15.8. The maximum absolute atomic E-state index is 6.44. The zero-order valence-electron chi connectivity index (χ0n) is 32.5. The molecule has 0 N–H and O–H groups in total. The molecule has 0 bridgehead atoms. The molecule has 4 heterocycles. The number of benzene rings is 4. The third-order valence-corrected chi connectivity index (χ3v) is 9.36. The SMILES string of the molecule is CC(C)(C)Cc1ccc(-c2ccnc(-c3[c-]cccc3)c2)cc1.Cc1ccc2ccc3c4cc[c-]c(-c5cc(CC(C)(C)C)c(C)cn5)c4oc3c2n1.[Ir]. The molecule has 4 nitrogen and oxygen atoms in total. The summed E-state index contributed by atoms with van der Waals surface area (Å²) in [6.07, 6.45) is 5.92. The summed E-state index contributed by atoms with van der Waals surface area (Å²) in [7, 11) is 0. The molecule has 0 aliphatic heterocycles. The van der Waals surface area contributed by atoms with Gasteiger partial charge in [-0.2, -0.15) is 0 Å². The minimum atomic E-state index is 0. The summed E-state index contributed by atoms with van der Waals surface area (Å²) in [6, 6.07) is 42.2. The summed E-state index contributed by atoms with van der Waals surface area (Å²) in [4.78, 5) is 13.9. The van der Waals surface area contributed by atoms with Crippen molar-refractivity contribution < 1.29 is 24.5 Å². The van der Waals surface area contributed by atoms with Gasteiger partial charge >= 0.3 is 0 Å². The average Bonchev–Trinajstić information content (AvgIpc) is 3.52. The Labute approximate surface area is 333 Å². The number of hydrogen-bond acceptors (Lipinski definition) is 4. The first-order valence-corrected chi connectivity index (χ1v) is 18.4. The van der Waals surface area contributed by atoms with Crippen LogP contribution in [-0.2, 0) is 32.9 Å². The first kappa shape index (κ1) is 38.8. The van der Waals surface area contributed by atoms with Gasteiger partial charge in [-0.1, -0.05) is 113 Å². The molecule has 8 aromatic rings. The Hall–Kier alpha value is -4.96. The van der Waals surface area contributed by atoms with Gasteiger partial charge in [-0.05, 0) is 83.3 Å². The van der Waals surface area contributed by atoms with E-state index >= 15 is 0 Å².